The number of unbranched alkanes of at least 4 members (excludes halogenated alkanes) is 3. The molecule has 0 amide bonds. The third kappa shape index (κ3) is 10.3. The molecule has 0 saturated heterocycles. The van der Waals surface area contributed by atoms with Crippen LogP contribution in [0.4, 0.5) is 11.4 Å². The predicted molar refractivity (Wildman–Crippen MR) is 283 cm³/mol. The number of hydrogen-bond acceptors (Lipinski definition) is 8. The van der Waals surface area contributed by atoms with Crippen molar-refractivity contribution in [2.24, 2.45) is 0 Å². The van der Waals surface area contributed by atoms with Gasteiger partial charge in [0.2, 0.25) is 10.7 Å². The lowest BCUT2D eigenvalue weighted by Gasteiger charge is -2.22. The maximum Gasteiger partial charge on any atom is 0.295 e. The van der Waals surface area contributed by atoms with Gasteiger partial charge >= 0.3 is 0 Å². The second-order valence-corrected chi connectivity index (χ2v) is 20.3. The third-order valence-electron chi connectivity index (χ3n) is 13.6. The van der Waals surface area contributed by atoms with Crippen molar-refractivity contribution >= 4 is 53.5 Å². The summed E-state index contributed by atoms with van der Waals surface area (Å²) < 4.78 is 89.3. The van der Waals surface area contributed by atoms with E-state index in [1.807, 2.05) is 60.7 Å². The van der Waals surface area contributed by atoms with E-state index >= 15 is 0 Å². The third-order valence-corrected chi connectivity index (χ3v) is 15.4. The summed E-state index contributed by atoms with van der Waals surface area (Å²) in [6.07, 6.45) is 4.04. The summed E-state index contributed by atoms with van der Waals surface area (Å²) in [5.41, 5.74) is 6.96. The van der Waals surface area contributed by atoms with Crippen molar-refractivity contribution in [3.8, 4) is 44.9 Å². The molecule has 8 rings (SSSR count). The monoisotopic (exact) mass is 984 g/mol. The van der Waals surface area contributed by atoms with Crippen molar-refractivity contribution in [2.75, 3.05) is 62.2 Å². The summed E-state index contributed by atoms with van der Waals surface area (Å²) >= 11 is 0. The Bertz CT molecular complexity index is 3270. The molecule has 2 aliphatic heterocycles. The van der Waals surface area contributed by atoms with E-state index in [0.29, 0.717) is 44.9 Å². The highest BCUT2D eigenvalue weighted by atomic mass is 32.2. The molecule has 4 aromatic carbocycles. The fourth-order valence-electron chi connectivity index (χ4n) is 9.97. The molecule has 12 nitrogen and oxygen atoms in total. The van der Waals surface area contributed by atoms with Crippen molar-refractivity contribution in [1.29, 1.82) is 0 Å². The van der Waals surface area contributed by atoms with Gasteiger partial charge in [0.15, 0.2) is 0 Å². The first-order valence-electron chi connectivity index (χ1n) is 24.5. The maximum absolute atomic E-state index is 12.7. The number of rotatable bonds is 19. The van der Waals surface area contributed by atoms with E-state index in [-0.39, 0.29) is 9.79 Å². The zero-order valence-electron chi connectivity index (χ0n) is 41.0. The van der Waals surface area contributed by atoms with E-state index in [1.165, 1.54) is 12.1 Å². The minimum Gasteiger partial charge on any atom is -0.456 e. The number of nitrogens with zero attached hydrogens (tertiary/aromatic N) is 4. The Kier molecular flexibility index (Phi) is 15.3. The molecule has 2 heterocycles. The standard InChI is InChI=1S/C56H62N4O8S2/c1-7-57(8-2)39-25-29-43-49(35-39)67-51-37-41(27-31-45(51)55(43)47-21-15-17-23-53(47)69(61,62)63)59(11-5)33-19-13-14-20-34-60(12-6)42-28-32-46-52(38-42)68-50-36-40(58(9-3)10-4)26-30-44(50)56(46)48-22-16-18-24-54(48)70(64,65)66/h15-18,21-32,35-38H,7-14,19-20,33-34H2,1-6H3/p+2. The van der Waals surface area contributed by atoms with Crippen LogP contribution in [0.25, 0.3) is 66.8 Å². The zero-order chi connectivity index (χ0) is 49.7. The van der Waals surface area contributed by atoms with Crippen molar-refractivity contribution in [3.63, 3.8) is 0 Å². The molecule has 2 N–H and O–H groups in total. The van der Waals surface area contributed by atoms with Crippen LogP contribution in [0.1, 0.15) is 67.2 Å². The Morgan fingerprint density at radius 1 is 0.457 bits per heavy atom. The van der Waals surface area contributed by atoms with E-state index in [9.17, 15) is 25.9 Å². The lowest BCUT2D eigenvalue weighted by atomic mass is 9.93. The summed E-state index contributed by atoms with van der Waals surface area (Å²) in [5, 5.41) is 3.52. The SMILES string of the molecule is CCN(CC)c1ccc2c(-c3ccccc3S(=O)(=O)O)c3ccc(=[N+](CC)CCCCCC[N+](CC)=c4ccc5c(-c6ccccc6S(=O)(=O)O)c6ccc(N(CC)CC)cc6oc-5c4)cc-3oc2c1. The minimum absolute atomic E-state index is 0.152. The lowest BCUT2D eigenvalue weighted by molar-refractivity contribution is 0.481. The summed E-state index contributed by atoms with van der Waals surface area (Å²) in [4.78, 5) is 4.17. The second-order valence-electron chi connectivity index (χ2n) is 17.5. The molecule has 0 atom stereocenters. The van der Waals surface area contributed by atoms with Crippen LogP contribution in [0.5, 0.6) is 0 Å². The maximum atomic E-state index is 12.7. The van der Waals surface area contributed by atoms with Crippen molar-refractivity contribution < 1.29 is 34.8 Å². The highest BCUT2D eigenvalue weighted by Crippen LogP contribution is 2.44. The molecular weight excluding hydrogens is 921 g/mol. The van der Waals surface area contributed by atoms with E-state index in [4.69, 9.17) is 8.83 Å². The van der Waals surface area contributed by atoms with Crippen molar-refractivity contribution in [2.45, 2.75) is 77.0 Å². The molecule has 4 aliphatic rings. The average molecular weight is 985 g/mol. The van der Waals surface area contributed by atoms with Gasteiger partial charge in [0.1, 0.15) is 58.7 Å². The van der Waals surface area contributed by atoms with Crippen LogP contribution in [0.15, 0.2) is 140 Å². The first-order chi connectivity index (χ1) is 33.7. The topological polar surface area (TPSA) is 148 Å². The normalized spacial score (nSPS) is 13.1. The molecule has 0 aromatic heterocycles. The molecule has 366 valence electrons. The molecule has 0 radical (unpaired) electrons. The highest BCUT2D eigenvalue weighted by Gasteiger charge is 2.26. The van der Waals surface area contributed by atoms with Gasteiger partial charge in [0.25, 0.3) is 20.2 Å². The van der Waals surface area contributed by atoms with E-state index in [1.54, 1.807) is 36.4 Å². The van der Waals surface area contributed by atoms with Crippen molar-refractivity contribution in [3.05, 3.63) is 132 Å². The van der Waals surface area contributed by atoms with Gasteiger partial charge in [0.05, 0.1) is 12.1 Å². The predicted octanol–water partition coefficient (Wildman–Crippen LogP) is 10.8. The summed E-state index contributed by atoms with van der Waals surface area (Å²) in [6.45, 7) is 19.3. The van der Waals surface area contributed by atoms with Gasteiger partial charge in [-0.15, -0.1) is 0 Å². The molecule has 0 saturated carbocycles. The van der Waals surface area contributed by atoms with Crippen LogP contribution in [-0.2, 0) is 20.2 Å². The average Bonchev–Trinajstić information content (AvgIpc) is 3.35. The van der Waals surface area contributed by atoms with Gasteiger partial charge in [-0.2, -0.15) is 16.8 Å². The van der Waals surface area contributed by atoms with Crippen LogP contribution in [0, 0.1) is 0 Å². The number of benzene rings is 6. The first-order valence-corrected chi connectivity index (χ1v) is 27.4. The van der Waals surface area contributed by atoms with Crippen LogP contribution in [0.3, 0.4) is 0 Å². The molecule has 0 spiro atoms. The lowest BCUT2D eigenvalue weighted by Crippen LogP contribution is -2.31. The van der Waals surface area contributed by atoms with Crippen LogP contribution < -0.4 is 29.7 Å². The Balaban J connectivity index is 1.06. The fourth-order valence-corrected chi connectivity index (χ4v) is 11.4. The Labute approximate surface area is 411 Å². The molecule has 0 unspecified atom stereocenters. The quantitative estimate of drug-likeness (QED) is 0.0347. The summed E-state index contributed by atoms with van der Waals surface area (Å²) in [5.74, 6) is 1.25. The second kappa shape index (κ2) is 21.4. The molecule has 0 bridgehead atoms. The molecule has 70 heavy (non-hydrogen) atoms. The van der Waals surface area contributed by atoms with Crippen LogP contribution >= 0.6 is 0 Å². The minimum atomic E-state index is -4.52. The highest BCUT2D eigenvalue weighted by molar-refractivity contribution is 7.86. The summed E-state index contributed by atoms with van der Waals surface area (Å²) in [6, 6.07) is 37.4. The van der Waals surface area contributed by atoms with Gasteiger partial charge < -0.3 is 18.6 Å². The molecular formula is C56H64N4O8S2+2. The smallest absolute Gasteiger partial charge is 0.295 e. The fraction of sp³-hybridized carbons (Fsp3) is 0.321. The molecule has 0 fully saturated rings. The Morgan fingerprint density at radius 3 is 1.20 bits per heavy atom. The molecule has 4 aromatic rings. The summed E-state index contributed by atoms with van der Waals surface area (Å²) in [7, 11) is -9.05. The van der Waals surface area contributed by atoms with Gasteiger partial charge in [-0.05, 0) is 103 Å². The van der Waals surface area contributed by atoms with E-state index in [0.717, 1.165) is 122 Å². The van der Waals surface area contributed by atoms with Crippen LogP contribution in [-0.4, -0.2) is 78.3 Å². The largest absolute Gasteiger partial charge is 0.456 e. The number of fused-ring (bicyclic) bond motifs is 4. The van der Waals surface area contributed by atoms with E-state index < -0.39 is 20.2 Å². The molecule has 2 aliphatic carbocycles. The first kappa shape index (κ1) is 50.1. The molecule has 14 heteroatoms. The van der Waals surface area contributed by atoms with Gasteiger partial charge in [-0.3, -0.25) is 9.11 Å². The zero-order valence-corrected chi connectivity index (χ0v) is 42.6. The van der Waals surface area contributed by atoms with E-state index in [2.05, 4.69) is 72.6 Å². The van der Waals surface area contributed by atoms with Gasteiger partial charge in [-0.25, -0.2) is 9.15 Å². The number of hydrogen-bond donors (Lipinski definition) is 2. The van der Waals surface area contributed by atoms with Gasteiger partial charge in [-0.1, -0.05) is 36.4 Å². The van der Waals surface area contributed by atoms with Gasteiger partial charge in [0, 0.05) is 119 Å². The van der Waals surface area contributed by atoms with Crippen molar-refractivity contribution in [1.82, 2.24) is 9.15 Å². The number of anilines is 2. The Hall–Kier alpha value is -6.32. The van der Waals surface area contributed by atoms with Crippen LogP contribution in [0.2, 0.25) is 0 Å². The Morgan fingerprint density at radius 2 is 0.843 bits per heavy atom.